The lowest BCUT2D eigenvalue weighted by Gasteiger charge is -2.06. The molecule has 0 amide bonds. The number of halogens is 2. The summed E-state index contributed by atoms with van der Waals surface area (Å²) in [7, 11) is 1.82. The van der Waals surface area contributed by atoms with Crippen LogP contribution in [0.3, 0.4) is 0 Å². The lowest BCUT2D eigenvalue weighted by atomic mass is 10.2. The Hall–Kier alpha value is -1.91. The number of hydrogen-bond donors (Lipinski definition) is 1. The molecule has 0 spiro atoms. The van der Waals surface area contributed by atoms with E-state index in [2.05, 4.69) is 10.4 Å². The number of anilines is 1. The molecule has 1 N–H and O–H groups in total. The van der Waals surface area contributed by atoms with Gasteiger partial charge in [0.2, 0.25) is 0 Å². The summed E-state index contributed by atoms with van der Waals surface area (Å²) < 4.78 is 28.0. The maximum absolute atomic E-state index is 13.4. The molecule has 1 aromatic carbocycles. The number of benzene rings is 1. The van der Waals surface area contributed by atoms with Gasteiger partial charge in [-0.05, 0) is 19.1 Å². The van der Waals surface area contributed by atoms with E-state index in [-0.39, 0.29) is 5.69 Å². The highest BCUT2D eigenvalue weighted by Gasteiger charge is 2.08. The summed E-state index contributed by atoms with van der Waals surface area (Å²) in [6, 6.07) is 4.07. The molecule has 0 saturated heterocycles. The number of aromatic nitrogens is 2. The summed E-state index contributed by atoms with van der Waals surface area (Å²) in [6.07, 6.45) is 1.85. The van der Waals surface area contributed by atoms with Crippen LogP contribution >= 0.6 is 0 Å². The number of hydrogen-bond acceptors (Lipinski definition) is 2. The van der Waals surface area contributed by atoms with Gasteiger partial charge in [-0.1, -0.05) is 6.07 Å². The first-order valence-corrected chi connectivity index (χ1v) is 5.25. The van der Waals surface area contributed by atoms with E-state index in [1.807, 2.05) is 20.2 Å². The van der Waals surface area contributed by atoms with Crippen molar-refractivity contribution in [2.45, 2.75) is 13.5 Å². The lowest BCUT2D eigenvalue weighted by Crippen LogP contribution is -2.03. The predicted octanol–water partition coefficient (Wildman–Crippen LogP) is 2.62. The van der Waals surface area contributed by atoms with E-state index >= 15 is 0 Å². The van der Waals surface area contributed by atoms with Gasteiger partial charge in [-0.25, -0.2) is 8.78 Å². The Balaban J connectivity index is 2.12. The van der Waals surface area contributed by atoms with Crippen molar-refractivity contribution in [1.82, 2.24) is 9.78 Å². The summed E-state index contributed by atoms with van der Waals surface area (Å²) in [5.41, 5.74) is 1.99. The SMILES string of the molecule is Cc1nn(C)cc1CNc1cccc(F)c1F. The van der Waals surface area contributed by atoms with E-state index in [1.54, 1.807) is 4.68 Å². The predicted molar refractivity (Wildman–Crippen MR) is 61.6 cm³/mol. The van der Waals surface area contributed by atoms with E-state index in [4.69, 9.17) is 0 Å². The molecular formula is C12H13F2N3. The minimum Gasteiger partial charge on any atom is -0.378 e. The maximum Gasteiger partial charge on any atom is 0.181 e. The van der Waals surface area contributed by atoms with Gasteiger partial charge in [-0.3, -0.25) is 4.68 Å². The van der Waals surface area contributed by atoms with Crippen LogP contribution in [0.1, 0.15) is 11.3 Å². The van der Waals surface area contributed by atoms with Crippen molar-refractivity contribution in [3.05, 3.63) is 47.3 Å². The van der Waals surface area contributed by atoms with Gasteiger partial charge in [0.15, 0.2) is 11.6 Å². The minimum atomic E-state index is -0.853. The van der Waals surface area contributed by atoms with Crippen LogP contribution in [0.5, 0.6) is 0 Å². The van der Waals surface area contributed by atoms with Gasteiger partial charge >= 0.3 is 0 Å². The van der Waals surface area contributed by atoms with E-state index in [0.717, 1.165) is 17.3 Å². The second-order valence-electron chi connectivity index (χ2n) is 3.87. The van der Waals surface area contributed by atoms with Gasteiger partial charge < -0.3 is 5.32 Å². The third-order valence-corrected chi connectivity index (χ3v) is 2.54. The zero-order chi connectivity index (χ0) is 12.4. The molecular weight excluding hydrogens is 224 g/mol. The van der Waals surface area contributed by atoms with Gasteiger partial charge in [-0.15, -0.1) is 0 Å². The summed E-state index contributed by atoms with van der Waals surface area (Å²) in [5, 5.41) is 7.03. The quantitative estimate of drug-likeness (QED) is 0.889. The Morgan fingerprint density at radius 3 is 2.76 bits per heavy atom. The second kappa shape index (κ2) is 4.53. The molecule has 1 aromatic heterocycles. The van der Waals surface area contributed by atoms with Crippen molar-refractivity contribution in [2.24, 2.45) is 7.05 Å². The highest BCUT2D eigenvalue weighted by atomic mass is 19.2. The molecule has 17 heavy (non-hydrogen) atoms. The normalized spacial score (nSPS) is 10.6. The lowest BCUT2D eigenvalue weighted by molar-refractivity contribution is 0.511. The Morgan fingerprint density at radius 1 is 1.35 bits per heavy atom. The van der Waals surface area contributed by atoms with Crippen LogP contribution in [0.15, 0.2) is 24.4 Å². The molecule has 5 heteroatoms. The standard InChI is InChI=1S/C12H13F2N3/c1-8-9(7-17(2)16-8)6-15-11-5-3-4-10(13)12(11)14/h3-5,7,15H,6H2,1-2H3. The van der Waals surface area contributed by atoms with Crippen molar-refractivity contribution in [3.8, 4) is 0 Å². The topological polar surface area (TPSA) is 29.9 Å². The molecule has 2 rings (SSSR count). The molecule has 0 aliphatic rings. The summed E-state index contributed by atoms with van der Waals surface area (Å²) in [6.45, 7) is 2.29. The van der Waals surface area contributed by atoms with Crippen LogP contribution in [0.25, 0.3) is 0 Å². The van der Waals surface area contributed by atoms with Crippen LogP contribution in [-0.4, -0.2) is 9.78 Å². The van der Waals surface area contributed by atoms with Crippen molar-refractivity contribution in [3.63, 3.8) is 0 Å². The number of nitrogens with zero attached hydrogens (tertiary/aromatic N) is 2. The van der Waals surface area contributed by atoms with Crippen LogP contribution in [0, 0.1) is 18.6 Å². The monoisotopic (exact) mass is 237 g/mol. The third-order valence-electron chi connectivity index (χ3n) is 2.54. The van der Waals surface area contributed by atoms with E-state index in [1.165, 1.54) is 12.1 Å². The zero-order valence-electron chi connectivity index (χ0n) is 9.67. The van der Waals surface area contributed by atoms with Crippen molar-refractivity contribution >= 4 is 5.69 Å². The Morgan fingerprint density at radius 2 is 2.12 bits per heavy atom. The molecule has 90 valence electrons. The van der Waals surface area contributed by atoms with Gasteiger partial charge in [0.25, 0.3) is 0 Å². The van der Waals surface area contributed by atoms with Crippen LogP contribution in [0.2, 0.25) is 0 Å². The first-order chi connectivity index (χ1) is 8.08. The van der Waals surface area contributed by atoms with Gasteiger partial charge in [0.1, 0.15) is 0 Å². The zero-order valence-corrected chi connectivity index (χ0v) is 9.67. The Labute approximate surface area is 98.1 Å². The van der Waals surface area contributed by atoms with Crippen LogP contribution < -0.4 is 5.32 Å². The largest absolute Gasteiger partial charge is 0.378 e. The molecule has 0 saturated carbocycles. The number of nitrogens with one attached hydrogen (secondary N) is 1. The van der Waals surface area contributed by atoms with E-state index < -0.39 is 11.6 Å². The molecule has 0 atom stereocenters. The fourth-order valence-corrected chi connectivity index (χ4v) is 1.65. The minimum absolute atomic E-state index is 0.160. The third kappa shape index (κ3) is 2.43. The Bertz CT molecular complexity index is 535. The van der Waals surface area contributed by atoms with Crippen molar-refractivity contribution in [2.75, 3.05) is 5.32 Å². The van der Waals surface area contributed by atoms with Crippen LogP contribution in [0.4, 0.5) is 14.5 Å². The van der Waals surface area contributed by atoms with Gasteiger partial charge in [-0.2, -0.15) is 5.10 Å². The molecule has 0 aliphatic carbocycles. The summed E-state index contributed by atoms with van der Waals surface area (Å²) >= 11 is 0. The Kier molecular flexibility index (Phi) is 3.08. The number of aryl methyl sites for hydroxylation is 2. The molecule has 2 aromatic rings. The highest BCUT2D eigenvalue weighted by Crippen LogP contribution is 2.17. The van der Waals surface area contributed by atoms with Crippen LogP contribution in [-0.2, 0) is 13.6 Å². The highest BCUT2D eigenvalue weighted by molar-refractivity contribution is 5.45. The molecule has 0 unspecified atom stereocenters. The average Bonchev–Trinajstić information content (AvgIpc) is 2.60. The number of rotatable bonds is 3. The molecule has 1 heterocycles. The first-order valence-electron chi connectivity index (χ1n) is 5.25. The van der Waals surface area contributed by atoms with Gasteiger partial charge in [0.05, 0.1) is 11.4 Å². The van der Waals surface area contributed by atoms with E-state index in [0.29, 0.717) is 6.54 Å². The molecule has 3 nitrogen and oxygen atoms in total. The van der Waals surface area contributed by atoms with E-state index in [9.17, 15) is 8.78 Å². The molecule has 0 aliphatic heterocycles. The first kappa shape index (κ1) is 11.6. The average molecular weight is 237 g/mol. The molecule has 0 radical (unpaired) electrons. The summed E-state index contributed by atoms with van der Waals surface area (Å²) in [5.74, 6) is -1.70. The maximum atomic E-state index is 13.4. The van der Waals surface area contributed by atoms with Crippen molar-refractivity contribution < 1.29 is 8.78 Å². The fourth-order valence-electron chi connectivity index (χ4n) is 1.65. The summed E-state index contributed by atoms with van der Waals surface area (Å²) in [4.78, 5) is 0. The second-order valence-corrected chi connectivity index (χ2v) is 3.87. The smallest absolute Gasteiger partial charge is 0.181 e. The fraction of sp³-hybridized carbons (Fsp3) is 0.250. The van der Waals surface area contributed by atoms with Crippen molar-refractivity contribution in [1.29, 1.82) is 0 Å². The molecule has 0 bridgehead atoms. The van der Waals surface area contributed by atoms with Gasteiger partial charge in [0, 0.05) is 25.4 Å². The molecule has 0 fully saturated rings.